The quantitative estimate of drug-likeness (QED) is 0.694. The van der Waals surface area contributed by atoms with E-state index in [1.807, 2.05) is 30.0 Å². The van der Waals surface area contributed by atoms with Crippen LogP contribution in [0.25, 0.3) is 11.1 Å². The fourth-order valence-electron chi connectivity index (χ4n) is 3.06. The fraction of sp³-hybridized carbons (Fsp3) is 0.435. The molecule has 0 bridgehead atoms. The predicted molar refractivity (Wildman–Crippen MR) is 114 cm³/mol. The van der Waals surface area contributed by atoms with Gasteiger partial charge in [0.2, 0.25) is 0 Å². The van der Waals surface area contributed by atoms with E-state index >= 15 is 0 Å². The normalized spacial score (nSPS) is 12.0. The second-order valence-corrected chi connectivity index (χ2v) is 7.58. The third-order valence-electron chi connectivity index (χ3n) is 4.64. The number of nitrogens with two attached hydrogens (primary N) is 1. The van der Waals surface area contributed by atoms with E-state index in [4.69, 9.17) is 5.73 Å². The third kappa shape index (κ3) is 7.06. The summed E-state index contributed by atoms with van der Waals surface area (Å²) in [5.74, 6) is 0.568. The standard InChI is InChI=1S/C23H33N3O/c1-18(2)13-15-26(16-14-24)23(27)25-19(3)17-20-9-11-22(12-10-20)21-7-5-4-6-8-21/h4-12,18-19H,13-17,24H2,1-3H3,(H,25,27)/t19-/m0/s1. The number of hydrogen-bond donors (Lipinski definition) is 2. The van der Waals surface area contributed by atoms with Crippen molar-refractivity contribution < 1.29 is 4.79 Å². The molecule has 0 heterocycles. The predicted octanol–water partition coefficient (Wildman–Crippen LogP) is 4.30. The summed E-state index contributed by atoms with van der Waals surface area (Å²) in [6.45, 7) is 8.21. The molecule has 0 radical (unpaired) electrons. The average molecular weight is 368 g/mol. The third-order valence-corrected chi connectivity index (χ3v) is 4.64. The summed E-state index contributed by atoms with van der Waals surface area (Å²) in [6, 6.07) is 19.0. The van der Waals surface area contributed by atoms with Crippen molar-refractivity contribution in [3.05, 3.63) is 60.2 Å². The Morgan fingerprint density at radius 1 is 0.963 bits per heavy atom. The Kier molecular flexibility index (Phi) is 8.34. The first kappa shape index (κ1) is 21.0. The molecule has 4 heteroatoms. The monoisotopic (exact) mass is 367 g/mol. The van der Waals surface area contributed by atoms with Crippen LogP contribution < -0.4 is 11.1 Å². The minimum Gasteiger partial charge on any atom is -0.335 e. The molecule has 1 atom stereocenters. The first-order valence-electron chi connectivity index (χ1n) is 9.89. The number of amides is 2. The van der Waals surface area contributed by atoms with E-state index in [-0.39, 0.29) is 12.1 Å². The van der Waals surface area contributed by atoms with Gasteiger partial charge in [-0.25, -0.2) is 4.79 Å². The molecule has 3 N–H and O–H groups in total. The highest BCUT2D eigenvalue weighted by molar-refractivity contribution is 5.74. The van der Waals surface area contributed by atoms with Crippen LogP contribution in [0.1, 0.15) is 32.8 Å². The van der Waals surface area contributed by atoms with E-state index < -0.39 is 0 Å². The van der Waals surface area contributed by atoms with E-state index in [2.05, 4.69) is 55.6 Å². The van der Waals surface area contributed by atoms with Gasteiger partial charge in [0.25, 0.3) is 0 Å². The van der Waals surface area contributed by atoms with Gasteiger partial charge in [-0.3, -0.25) is 0 Å². The number of nitrogens with one attached hydrogen (secondary N) is 1. The second kappa shape index (κ2) is 10.7. The van der Waals surface area contributed by atoms with Gasteiger partial charge in [0.1, 0.15) is 0 Å². The molecule has 4 nitrogen and oxygen atoms in total. The van der Waals surface area contributed by atoms with Crippen molar-refractivity contribution in [2.24, 2.45) is 11.7 Å². The molecular weight excluding hydrogens is 334 g/mol. The van der Waals surface area contributed by atoms with E-state index in [1.165, 1.54) is 16.7 Å². The van der Waals surface area contributed by atoms with Gasteiger partial charge in [0.15, 0.2) is 0 Å². The van der Waals surface area contributed by atoms with Crippen molar-refractivity contribution in [1.29, 1.82) is 0 Å². The van der Waals surface area contributed by atoms with Crippen LogP contribution in [0.2, 0.25) is 0 Å². The summed E-state index contributed by atoms with van der Waals surface area (Å²) >= 11 is 0. The molecule has 2 aromatic carbocycles. The zero-order chi connectivity index (χ0) is 19.6. The number of carbonyl (C=O) groups excluding carboxylic acids is 1. The molecule has 0 aliphatic carbocycles. The van der Waals surface area contributed by atoms with Crippen molar-refractivity contribution in [2.75, 3.05) is 19.6 Å². The maximum absolute atomic E-state index is 12.5. The average Bonchev–Trinajstić information content (AvgIpc) is 2.66. The molecule has 2 aromatic rings. The molecule has 0 saturated heterocycles. The van der Waals surface area contributed by atoms with Crippen molar-refractivity contribution >= 4 is 6.03 Å². The highest BCUT2D eigenvalue weighted by Crippen LogP contribution is 2.19. The maximum Gasteiger partial charge on any atom is 0.317 e. The Labute approximate surface area is 163 Å². The number of urea groups is 1. The van der Waals surface area contributed by atoms with Crippen LogP contribution in [0.4, 0.5) is 4.79 Å². The van der Waals surface area contributed by atoms with Crippen molar-refractivity contribution in [3.8, 4) is 11.1 Å². The number of nitrogens with zero attached hydrogens (tertiary/aromatic N) is 1. The van der Waals surface area contributed by atoms with Crippen LogP contribution >= 0.6 is 0 Å². The van der Waals surface area contributed by atoms with Gasteiger partial charge in [-0.2, -0.15) is 0 Å². The number of benzene rings is 2. The summed E-state index contributed by atoms with van der Waals surface area (Å²) < 4.78 is 0. The molecular formula is C23H33N3O. The van der Waals surface area contributed by atoms with E-state index in [9.17, 15) is 4.79 Å². The van der Waals surface area contributed by atoms with Crippen molar-refractivity contribution in [3.63, 3.8) is 0 Å². The van der Waals surface area contributed by atoms with Crippen molar-refractivity contribution in [2.45, 2.75) is 39.7 Å². The van der Waals surface area contributed by atoms with Crippen LogP contribution in [-0.2, 0) is 6.42 Å². The van der Waals surface area contributed by atoms with Crippen LogP contribution in [-0.4, -0.2) is 36.6 Å². The van der Waals surface area contributed by atoms with Gasteiger partial charge in [-0.15, -0.1) is 0 Å². The minimum absolute atomic E-state index is 0.0190. The lowest BCUT2D eigenvalue weighted by atomic mass is 10.0. The molecule has 0 aromatic heterocycles. The van der Waals surface area contributed by atoms with Gasteiger partial charge < -0.3 is 16.0 Å². The summed E-state index contributed by atoms with van der Waals surface area (Å²) in [4.78, 5) is 14.4. The van der Waals surface area contributed by atoms with E-state index in [1.54, 1.807) is 0 Å². The Morgan fingerprint density at radius 2 is 1.59 bits per heavy atom. The molecule has 27 heavy (non-hydrogen) atoms. The number of rotatable bonds is 9. The second-order valence-electron chi connectivity index (χ2n) is 7.58. The molecule has 0 aliphatic rings. The molecule has 0 spiro atoms. The summed E-state index contributed by atoms with van der Waals surface area (Å²) in [5, 5.41) is 3.11. The summed E-state index contributed by atoms with van der Waals surface area (Å²) in [6.07, 6.45) is 1.80. The molecule has 146 valence electrons. The Morgan fingerprint density at radius 3 is 2.19 bits per heavy atom. The lowest BCUT2D eigenvalue weighted by Crippen LogP contribution is -2.46. The first-order valence-corrected chi connectivity index (χ1v) is 9.89. The van der Waals surface area contributed by atoms with E-state index in [0.717, 1.165) is 19.4 Å². The van der Waals surface area contributed by atoms with Crippen LogP contribution in [0.5, 0.6) is 0 Å². The number of carbonyl (C=O) groups is 1. The molecule has 0 unspecified atom stereocenters. The summed E-state index contributed by atoms with van der Waals surface area (Å²) in [7, 11) is 0. The van der Waals surface area contributed by atoms with Crippen molar-refractivity contribution in [1.82, 2.24) is 10.2 Å². The lowest BCUT2D eigenvalue weighted by molar-refractivity contribution is 0.193. The fourth-order valence-corrected chi connectivity index (χ4v) is 3.06. The topological polar surface area (TPSA) is 58.4 Å². The zero-order valence-electron chi connectivity index (χ0n) is 16.8. The first-order chi connectivity index (χ1) is 13.0. The van der Waals surface area contributed by atoms with Crippen LogP contribution in [0, 0.1) is 5.92 Å². The number of hydrogen-bond acceptors (Lipinski definition) is 2. The van der Waals surface area contributed by atoms with Crippen LogP contribution in [0.3, 0.4) is 0 Å². The van der Waals surface area contributed by atoms with Gasteiger partial charge in [-0.1, -0.05) is 68.4 Å². The highest BCUT2D eigenvalue weighted by atomic mass is 16.2. The van der Waals surface area contributed by atoms with Gasteiger partial charge >= 0.3 is 6.03 Å². The maximum atomic E-state index is 12.5. The Hall–Kier alpha value is -2.33. The summed E-state index contributed by atoms with van der Waals surface area (Å²) in [5.41, 5.74) is 9.31. The smallest absolute Gasteiger partial charge is 0.317 e. The van der Waals surface area contributed by atoms with E-state index in [0.29, 0.717) is 19.0 Å². The Balaban J connectivity index is 1.90. The van der Waals surface area contributed by atoms with Gasteiger partial charge in [-0.05, 0) is 42.4 Å². The highest BCUT2D eigenvalue weighted by Gasteiger charge is 2.15. The molecule has 2 amide bonds. The minimum atomic E-state index is -0.0190. The molecule has 2 rings (SSSR count). The largest absolute Gasteiger partial charge is 0.335 e. The lowest BCUT2D eigenvalue weighted by Gasteiger charge is -2.25. The van der Waals surface area contributed by atoms with Crippen LogP contribution in [0.15, 0.2) is 54.6 Å². The van der Waals surface area contributed by atoms with Gasteiger partial charge in [0.05, 0.1) is 0 Å². The SMILES string of the molecule is CC(C)CCN(CCN)C(=O)N[C@@H](C)Cc1ccc(-c2ccccc2)cc1. The molecule has 0 aliphatic heterocycles. The Bertz CT molecular complexity index is 683. The zero-order valence-corrected chi connectivity index (χ0v) is 16.8. The molecule has 0 fully saturated rings. The molecule has 0 saturated carbocycles. The van der Waals surface area contributed by atoms with Gasteiger partial charge in [0, 0.05) is 25.7 Å².